The van der Waals surface area contributed by atoms with Crippen molar-refractivity contribution in [3.63, 3.8) is 0 Å². The topological polar surface area (TPSA) is 81.1 Å². The van der Waals surface area contributed by atoms with Gasteiger partial charge in [-0.3, -0.25) is 9.48 Å². The van der Waals surface area contributed by atoms with Gasteiger partial charge in [-0.15, -0.1) is 0 Å². The van der Waals surface area contributed by atoms with Gasteiger partial charge in [-0.25, -0.2) is 0 Å². The lowest BCUT2D eigenvalue weighted by atomic mass is 10.1. The van der Waals surface area contributed by atoms with Crippen LogP contribution in [-0.2, 0) is 11.8 Å². The van der Waals surface area contributed by atoms with Crippen molar-refractivity contribution in [2.75, 3.05) is 6.54 Å². The molecule has 1 rings (SSSR count). The second-order valence-electron chi connectivity index (χ2n) is 2.63. The van der Waals surface area contributed by atoms with Crippen LogP contribution >= 0.6 is 11.6 Å². The highest BCUT2D eigenvalue weighted by Crippen LogP contribution is 2.23. The maximum absolute atomic E-state index is 10.8. The molecule has 1 heterocycles. The third-order valence-corrected chi connectivity index (χ3v) is 2.09. The molecular formula is C7H10ClN3O2. The summed E-state index contributed by atoms with van der Waals surface area (Å²) in [4.78, 5) is 10.8. The molecule has 0 saturated carbocycles. The van der Waals surface area contributed by atoms with E-state index in [1.54, 1.807) is 7.05 Å². The summed E-state index contributed by atoms with van der Waals surface area (Å²) in [6.07, 6.45) is 1.41. The third kappa shape index (κ3) is 1.81. The van der Waals surface area contributed by atoms with Gasteiger partial charge >= 0.3 is 5.97 Å². The molecule has 3 N–H and O–H groups in total. The summed E-state index contributed by atoms with van der Waals surface area (Å²) in [5, 5.41) is 13.0. The quantitative estimate of drug-likeness (QED) is 0.736. The molecule has 72 valence electrons. The highest BCUT2D eigenvalue weighted by Gasteiger charge is 2.24. The average molecular weight is 204 g/mol. The van der Waals surface area contributed by atoms with E-state index in [1.807, 2.05) is 0 Å². The second-order valence-corrected chi connectivity index (χ2v) is 3.04. The molecule has 0 aliphatic rings. The van der Waals surface area contributed by atoms with Crippen LogP contribution in [0.5, 0.6) is 0 Å². The summed E-state index contributed by atoms with van der Waals surface area (Å²) in [6.45, 7) is 0.00852. The lowest BCUT2D eigenvalue weighted by molar-refractivity contribution is -0.138. The first-order chi connectivity index (χ1) is 6.07. The van der Waals surface area contributed by atoms with Crippen LogP contribution in [0.25, 0.3) is 0 Å². The van der Waals surface area contributed by atoms with Gasteiger partial charge in [0.25, 0.3) is 0 Å². The lowest BCUT2D eigenvalue weighted by Gasteiger charge is -2.10. The maximum atomic E-state index is 10.8. The normalized spacial score (nSPS) is 12.8. The number of halogens is 1. The van der Waals surface area contributed by atoms with Crippen molar-refractivity contribution < 1.29 is 9.90 Å². The van der Waals surface area contributed by atoms with E-state index >= 15 is 0 Å². The van der Waals surface area contributed by atoms with E-state index in [1.165, 1.54) is 10.9 Å². The van der Waals surface area contributed by atoms with Gasteiger partial charge in [0.1, 0.15) is 5.92 Å². The number of carboxylic acid groups (broad SMARTS) is 1. The SMILES string of the molecule is Cn1ncc(Cl)c1C(CN)C(=O)O. The number of hydrogen-bond acceptors (Lipinski definition) is 3. The maximum Gasteiger partial charge on any atom is 0.313 e. The van der Waals surface area contributed by atoms with Crippen LogP contribution in [0.1, 0.15) is 11.6 Å². The monoisotopic (exact) mass is 203 g/mol. The fourth-order valence-corrected chi connectivity index (χ4v) is 1.44. The van der Waals surface area contributed by atoms with Crippen LogP contribution in [0.15, 0.2) is 6.20 Å². The van der Waals surface area contributed by atoms with Crippen molar-refractivity contribution in [3.05, 3.63) is 16.9 Å². The van der Waals surface area contributed by atoms with Crippen LogP contribution in [0.2, 0.25) is 5.02 Å². The predicted octanol–water partition coefficient (Wildman–Crippen LogP) is 0.200. The predicted molar refractivity (Wildman–Crippen MR) is 47.6 cm³/mol. The molecule has 0 bridgehead atoms. The zero-order valence-electron chi connectivity index (χ0n) is 7.07. The smallest absolute Gasteiger partial charge is 0.313 e. The number of aromatic nitrogens is 2. The zero-order chi connectivity index (χ0) is 10.0. The molecule has 0 saturated heterocycles. The number of aryl methyl sites for hydroxylation is 1. The molecule has 0 amide bonds. The Balaban J connectivity index is 3.10. The minimum absolute atomic E-state index is 0.00852. The molecule has 6 heteroatoms. The van der Waals surface area contributed by atoms with Crippen LogP contribution in [-0.4, -0.2) is 27.4 Å². The number of nitrogens with zero attached hydrogens (tertiary/aromatic N) is 2. The number of rotatable bonds is 3. The van der Waals surface area contributed by atoms with Crippen LogP contribution < -0.4 is 5.73 Å². The second kappa shape index (κ2) is 3.76. The van der Waals surface area contributed by atoms with Gasteiger partial charge < -0.3 is 10.8 Å². The molecule has 0 aromatic carbocycles. The molecule has 0 aliphatic heterocycles. The van der Waals surface area contributed by atoms with Gasteiger partial charge in [0.15, 0.2) is 0 Å². The summed E-state index contributed by atoms with van der Waals surface area (Å²) in [5.74, 6) is -1.78. The largest absolute Gasteiger partial charge is 0.481 e. The van der Waals surface area contributed by atoms with Crippen molar-refractivity contribution in [2.24, 2.45) is 12.8 Å². The Morgan fingerprint density at radius 1 is 1.92 bits per heavy atom. The molecule has 5 nitrogen and oxygen atoms in total. The molecule has 0 aliphatic carbocycles. The van der Waals surface area contributed by atoms with Gasteiger partial charge in [-0.2, -0.15) is 5.10 Å². The fraction of sp³-hybridized carbons (Fsp3) is 0.429. The number of carbonyl (C=O) groups is 1. The Kier molecular flexibility index (Phi) is 2.90. The van der Waals surface area contributed by atoms with E-state index in [-0.39, 0.29) is 6.54 Å². The van der Waals surface area contributed by atoms with E-state index in [4.69, 9.17) is 22.4 Å². The molecule has 0 spiro atoms. The van der Waals surface area contributed by atoms with Gasteiger partial charge in [-0.05, 0) is 0 Å². The summed E-state index contributed by atoms with van der Waals surface area (Å²) in [6, 6.07) is 0. The van der Waals surface area contributed by atoms with Crippen LogP contribution in [0, 0.1) is 0 Å². The standard InChI is InChI=1S/C7H10ClN3O2/c1-11-6(5(8)3-10-11)4(2-9)7(12)13/h3-4H,2,9H2,1H3,(H,12,13). The fourth-order valence-electron chi connectivity index (χ4n) is 1.14. The summed E-state index contributed by atoms with van der Waals surface area (Å²) in [5.41, 5.74) is 5.76. The van der Waals surface area contributed by atoms with E-state index in [0.717, 1.165) is 0 Å². The van der Waals surface area contributed by atoms with E-state index in [2.05, 4.69) is 5.10 Å². The Labute approximate surface area is 80.1 Å². The van der Waals surface area contributed by atoms with Crippen molar-refractivity contribution in [1.29, 1.82) is 0 Å². The van der Waals surface area contributed by atoms with E-state index < -0.39 is 11.9 Å². The number of hydrogen-bond donors (Lipinski definition) is 2. The number of nitrogens with two attached hydrogens (primary N) is 1. The van der Waals surface area contributed by atoms with Gasteiger partial charge in [-0.1, -0.05) is 11.6 Å². The van der Waals surface area contributed by atoms with Gasteiger partial charge in [0, 0.05) is 13.6 Å². The highest BCUT2D eigenvalue weighted by molar-refractivity contribution is 6.31. The molecule has 1 atom stereocenters. The average Bonchev–Trinajstić information content (AvgIpc) is 2.36. The molecule has 1 unspecified atom stereocenters. The molecule has 1 aromatic heterocycles. The number of aliphatic carboxylic acids is 1. The van der Waals surface area contributed by atoms with Gasteiger partial charge in [0.05, 0.1) is 16.9 Å². The lowest BCUT2D eigenvalue weighted by Crippen LogP contribution is -2.23. The Hall–Kier alpha value is -1.07. The summed E-state index contributed by atoms with van der Waals surface area (Å²) >= 11 is 5.76. The first-order valence-corrected chi connectivity index (χ1v) is 4.06. The molecule has 1 aromatic rings. The summed E-state index contributed by atoms with van der Waals surface area (Å²) < 4.78 is 1.42. The van der Waals surface area contributed by atoms with E-state index in [0.29, 0.717) is 10.7 Å². The molecule has 0 fully saturated rings. The molecular weight excluding hydrogens is 194 g/mol. The minimum Gasteiger partial charge on any atom is -0.481 e. The summed E-state index contributed by atoms with van der Waals surface area (Å²) in [7, 11) is 1.63. The Bertz CT molecular complexity index is 304. The third-order valence-electron chi connectivity index (χ3n) is 1.80. The van der Waals surface area contributed by atoms with Crippen LogP contribution in [0.4, 0.5) is 0 Å². The molecule has 13 heavy (non-hydrogen) atoms. The minimum atomic E-state index is -0.993. The van der Waals surface area contributed by atoms with E-state index in [9.17, 15) is 4.79 Å². The zero-order valence-corrected chi connectivity index (χ0v) is 7.82. The highest BCUT2D eigenvalue weighted by atomic mass is 35.5. The van der Waals surface area contributed by atoms with Crippen molar-refractivity contribution in [2.45, 2.75) is 5.92 Å². The first-order valence-electron chi connectivity index (χ1n) is 3.68. The van der Waals surface area contributed by atoms with Crippen molar-refractivity contribution in [3.8, 4) is 0 Å². The van der Waals surface area contributed by atoms with Crippen molar-refractivity contribution >= 4 is 17.6 Å². The number of carboxylic acids is 1. The Morgan fingerprint density at radius 2 is 2.54 bits per heavy atom. The Morgan fingerprint density at radius 3 is 2.85 bits per heavy atom. The molecule has 0 radical (unpaired) electrons. The first kappa shape index (κ1) is 10.0. The van der Waals surface area contributed by atoms with Crippen molar-refractivity contribution in [1.82, 2.24) is 9.78 Å². The van der Waals surface area contributed by atoms with Crippen LogP contribution in [0.3, 0.4) is 0 Å². The van der Waals surface area contributed by atoms with Gasteiger partial charge in [0.2, 0.25) is 0 Å².